The molecule has 0 aliphatic rings. The molecule has 0 fully saturated rings. The number of nitrogens with one attached hydrogen (secondary N) is 1. The summed E-state index contributed by atoms with van der Waals surface area (Å²) in [5.74, 6) is 0.528. The molecular formula is C16H26N2O3. The topological polar surface area (TPSA) is 50.8 Å². The Kier molecular flexibility index (Phi) is 6.49. The standard InChI is InChI=1S/C16H26N2O3/c1-6-17-16(2,15(19)20-5)10-11-21-14-9-7-8-13(12-14)18(3)4/h7-9,12,17H,6,10-11H2,1-5H3. The van der Waals surface area contributed by atoms with Crippen LogP contribution in [-0.2, 0) is 9.53 Å². The molecule has 1 N–H and O–H groups in total. The maximum absolute atomic E-state index is 11.9. The van der Waals surface area contributed by atoms with E-state index in [1.165, 1.54) is 7.11 Å². The van der Waals surface area contributed by atoms with Gasteiger partial charge in [0, 0.05) is 32.3 Å². The van der Waals surface area contributed by atoms with Crippen molar-refractivity contribution in [3.8, 4) is 5.75 Å². The van der Waals surface area contributed by atoms with E-state index in [-0.39, 0.29) is 5.97 Å². The lowest BCUT2D eigenvalue weighted by atomic mass is 9.98. The lowest BCUT2D eigenvalue weighted by Gasteiger charge is -2.27. The van der Waals surface area contributed by atoms with E-state index in [0.717, 1.165) is 11.4 Å². The number of anilines is 1. The summed E-state index contributed by atoms with van der Waals surface area (Å²) >= 11 is 0. The first-order valence-electron chi connectivity index (χ1n) is 7.16. The maximum atomic E-state index is 11.9. The fraction of sp³-hybridized carbons (Fsp3) is 0.562. The molecule has 1 aromatic carbocycles. The summed E-state index contributed by atoms with van der Waals surface area (Å²) in [6.45, 7) is 4.93. The van der Waals surface area contributed by atoms with Crippen LogP contribution in [0.4, 0.5) is 5.69 Å². The fourth-order valence-electron chi connectivity index (χ4n) is 2.10. The van der Waals surface area contributed by atoms with Gasteiger partial charge >= 0.3 is 5.97 Å². The van der Waals surface area contributed by atoms with E-state index < -0.39 is 5.54 Å². The Morgan fingerprint density at radius 3 is 2.67 bits per heavy atom. The van der Waals surface area contributed by atoms with Gasteiger partial charge in [-0.1, -0.05) is 13.0 Å². The number of ether oxygens (including phenoxy) is 2. The monoisotopic (exact) mass is 294 g/mol. The summed E-state index contributed by atoms with van der Waals surface area (Å²) in [4.78, 5) is 13.9. The van der Waals surface area contributed by atoms with Gasteiger partial charge in [0.1, 0.15) is 11.3 Å². The molecule has 0 spiro atoms. The number of carbonyl (C=O) groups excluding carboxylic acids is 1. The summed E-state index contributed by atoms with van der Waals surface area (Å²) in [6.07, 6.45) is 0.541. The second kappa shape index (κ2) is 7.88. The zero-order chi connectivity index (χ0) is 15.9. The van der Waals surface area contributed by atoms with Gasteiger partial charge in [0.15, 0.2) is 0 Å². The van der Waals surface area contributed by atoms with Crippen LogP contribution < -0.4 is 15.0 Å². The quantitative estimate of drug-likeness (QED) is 0.744. The normalized spacial score (nSPS) is 13.4. The highest BCUT2D eigenvalue weighted by Crippen LogP contribution is 2.20. The first kappa shape index (κ1) is 17.3. The van der Waals surface area contributed by atoms with Gasteiger partial charge in [0.2, 0.25) is 0 Å². The zero-order valence-electron chi connectivity index (χ0n) is 13.6. The van der Waals surface area contributed by atoms with E-state index in [2.05, 4.69) is 5.32 Å². The van der Waals surface area contributed by atoms with Crippen LogP contribution in [0.3, 0.4) is 0 Å². The van der Waals surface area contributed by atoms with Crippen molar-refractivity contribution in [1.82, 2.24) is 5.32 Å². The van der Waals surface area contributed by atoms with Crippen LogP contribution in [0, 0.1) is 0 Å². The highest BCUT2D eigenvalue weighted by Gasteiger charge is 2.33. The Hall–Kier alpha value is -1.75. The molecule has 0 saturated heterocycles. The van der Waals surface area contributed by atoms with E-state index >= 15 is 0 Å². The Morgan fingerprint density at radius 1 is 1.38 bits per heavy atom. The molecule has 0 saturated carbocycles. The summed E-state index contributed by atoms with van der Waals surface area (Å²) in [6, 6.07) is 7.86. The van der Waals surface area contributed by atoms with Gasteiger partial charge < -0.3 is 19.7 Å². The van der Waals surface area contributed by atoms with E-state index in [1.54, 1.807) is 0 Å². The minimum absolute atomic E-state index is 0.269. The molecular weight excluding hydrogens is 268 g/mol. The summed E-state index contributed by atoms with van der Waals surface area (Å²) in [7, 11) is 5.37. The molecule has 1 aromatic rings. The van der Waals surface area contributed by atoms with Crippen molar-refractivity contribution in [3.05, 3.63) is 24.3 Å². The van der Waals surface area contributed by atoms with Gasteiger partial charge in [0.25, 0.3) is 0 Å². The van der Waals surface area contributed by atoms with Crippen LogP contribution in [0.2, 0.25) is 0 Å². The molecule has 118 valence electrons. The summed E-state index contributed by atoms with van der Waals surface area (Å²) in [5, 5.41) is 3.16. The van der Waals surface area contributed by atoms with Crippen LogP contribution in [0.5, 0.6) is 5.75 Å². The van der Waals surface area contributed by atoms with Gasteiger partial charge in [-0.15, -0.1) is 0 Å². The van der Waals surface area contributed by atoms with Crippen molar-refractivity contribution >= 4 is 11.7 Å². The van der Waals surface area contributed by atoms with Crippen molar-refractivity contribution in [1.29, 1.82) is 0 Å². The van der Waals surface area contributed by atoms with Crippen molar-refractivity contribution < 1.29 is 14.3 Å². The lowest BCUT2D eigenvalue weighted by molar-refractivity contribution is -0.148. The molecule has 0 heterocycles. The summed E-state index contributed by atoms with van der Waals surface area (Å²) < 4.78 is 10.6. The third kappa shape index (κ3) is 4.93. The average molecular weight is 294 g/mol. The third-order valence-electron chi connectivity index (χ3n) is 3.41. The molecule has 5 heteroatoms. The predicted molar refractivity (Wildman–Crippen MR) is 85.0 cm³/mol. The predicted octanol–water partition coefficient (Wildman–Crippen LogP) is 2.06. The third-order valence-corrected chi connectivity index (χ3v) is 3.41. The molecule has 21 heavy (non-hydrogen) atoms. The Labute approximate surface area is 127 Å². The number of hydrogen-bond acceptors (Lipinski definition) is 5. The zero-order valence-corrected chi connectivity index (χ0v) is 13.6. The number of esters is 1. The number of methoxy groups -OCH3 is 1. The van der Waals surface area contributed by atoms with Crippen molar-refractivity contribution in [3.63, 3.8) is 0 Å². The minimum Gasteiger partial charge on any atom is -0.493 e. The smallest absolute Gasteiger partial charge is 0.325 e. The lowest BCUT2D eigenvalue weighted by Crippen LogP contribution is -2.51. The molecule has 0 aromatic heterocycles. The molecule has 0 radical (unpaired) electrons. The van der Waals surface area contributed by atoms with Crippen molar-refractivity contribution in [2.75, 3.05) is 39.3 Å². The Bertz CT molecular complexity index is 463. The van der Waals surface area contributed by atoms with Gasteiger partial charge in [-0.3, -0.25) is 4.79 Å². The van der Waals surface area contributed by atoms with Gasteiger partial charge in [0.05, 0.1) is 13.7 Å². The minimum atomic E-state index is -0.720. The number of nitrogens with zero attached hydrogens (tertiary/aromatic N) is 1. The molecule has 1 unspecified atom stereocenters. The molecule has 1 rings (SSSR count). The van der Waals surface area contributed by atoms with E-state index in [4.69, 9.17) is 9.47 Å². The highest BCUT2D eigenvalue weighted by atomic mass is 16.5. The first-order valence-corrected chi connectivity index (χ1v) is 7.16. The van der Waals surface area contributed by atoms with Crippen molar-refractivity contribution in [2.24, 2.45) is 0 Å². The SMILES string of the molecule is CCNC(C)(CCOc1cccc(N(C)C)c1)C(=O)OC. The Balaban J connectivity index is 2.62. The largest absolute Gasteiger partial charge is 0.493 e. The number of rotatable bonds is 8. The van der Waals surface area contributed by atoms with Crippen LogP contribution >= 0.6 is 0 Å². The molecule has 0 aliphatic heterocycles. The van der Waals surface area contributed by atoms with E-state index in [9.17, 15) is 4.79 Å². The van der Waals surface area contributed by atoms with E-state index in [0.29, 0.717) is 19.6 Å². The molecule has 0 bridgehead atoms. The van der Waals surface area contributed by atoms with Crippen molar-refractivity contribution in [2.45, 2.75) is 25.8 Å². The number of hydrogen-bond donors (Lipinski definition) is 1. The summed E-state index contributed by atoms with van der Waals surface area (Å²) in [5.41, 5.74) is 0.359. The average Bonchev–Trinajstić information content (AvgIpc) is 2.47. The Morgan fingerprint density at radius 2 is 2.10 bits per heavy atom. The van der Waals surface area contributed by atoms with Crippen LogP contribution in [0.15, 0.2) is 24.3 Å². The van der Waals surface area contributed by atoms with Crippen LogP contribution in [0.1, 0.15) is 20.3 Å². The maximum Gasteiger partial charge on any atom is 0.325 e. The van der Waals surface area contributed by atoms with Crippen LogP contribution in [-0.4, -0.2) is 45.9 Å². The van der Waals surface area contributed by atoms with Crippen LogP contribution in [0.25, 0.3) is 0 Å². The van der Waals surface area contributed by atoms with E-state index in [1.807, 2.05) is 57.1 Å². The second-order valence-electron chi connectivity index (χ2n) is 5.34. The van der Waals surface area contributed by atoms with Gasteiger partial charge in [-0.25, -0.2) is 0 Å². The number of likely N-dealkylation sites (N-methyl/N-ethyl adjacent to an activating group) is 1. The molecule has 1 atom stereocenters. The van der Waals surface area contributed by atoms with Gasteiger partial charge in [-0.05, 0) is 25.6 Å². The first-order chi connectivity index (χ1) is 9.92. The fourth-order valence-corrected chi connectivity index (χ4v) is 2.10. The number of benzene rings is 1. The second-order valence-corrected chi connectivity index (χ2v) is 5.34. The van der Waals surface area contributed by atoms with Gasteiger partial charge in [-0.2, -0.15) is 0 Å². The highest BCUT2D eigenvalue weighted by molar-refractivity contribution is 5.80. The molecule has 0 aliphatic carbocycles. The molecule has 5 nitrogen and oxygen atoms in total. The molecule has 0 amide bonds. The number of carbonyl (C=O) groups is 1.